The van der Waals surface area contributed by atoms with Gasteiger partial charge in [0.2, 0.25) is 0 Å². The van der Waals surface area contributed by atoms with Crippen molar-refractivity contribution in [2.75, 3.05) is 12.4 Å². The molecule has 0 aliphatic rings. The number of carbonyl (C=O) groups excluding carboxylic acids is 1. The maximum absolute atomic E-state index is 13.2. The fraction of sp³-hybridized carbons (Fsp3) is 0.222. The summed E-state index contributed by atoms with van der Waals surface area (Å²) in [4.78, 5) is 11.3. The highest BCUT2D eigenvalue weighted by atomic mass is 127. The highest BCUT2D eigenvalue weighted by molar-refractivity contribution is 14.1. The molecular weight excluding hydrogens is 366 g/mol. The first-order chi connectivity index (χ1) is 7.79. The monoisotopic (exact) mass is 373 g/mol. The number of ether oxygens (including phenoxy) is 1. The van der Waals surface area contributed by atoms with E-state index in [0.717, 1.165) is 6.07 Å². The zero-order chi connectivity index (χ0) is 13.1. The normalized spacial score (nSPS) is 11.2. The Labute approximate surface area is 111 Å². The van der Waals surface area contributed by atoms with E-state index in [-0.39, 0.29) is 5.56 Å². The molecule has 0 atom stereocenters. The molecule has 17 heavy (non-hydrogen) atoms. The Balaban J connectivity index is 2.67. The molecule has 1 rings (SSSR count). The van der Waals surface area contributed by atoms with Gasteiger partial charge in [0, 0.05) is 3.57 Å². The smallest absolute Gasteiger partial charge is 0.341 e. The van der Waals surface area contributed by atoms with Crippen LogP contribution in [-0.4, -0.2) is 31.3 Å². The number of rotatable bonds is 4. The molecule has 0 heterocycles. The van der Waals surface area contributed by atoms with Gasteiger partial charge in [0.05, 0.1) is 21.4 Å². The molecule has 0 bridgehead atoms. The van der Waals surface area contributed by atoms with Gasteiger partial charge in [-0.1, -0.05) is 0 Å². The summed E-state index contributed by atoms with van der Waals surface area (Å²) in [6.45, 7) is -0.588. The van der Waals surface area contributed by atoms with Crippen LogP contribution in [0.4, 0.5) is 4.39 Å². The second-order valence-electron chi connectivity index (χ2n) is 3.02. The first-order valence-electron chi connectivity index (χ1n) is 4.35. The quantitative estimate of drug-likeness (QED) is 0.449. The van der Waals surface area contributed by atoms with E-state index in [1.165, 1.54) is 12.1 Å². The molecular formula is C9H7FIO5S-. The molecule has 0 saturated carbocycles. The van der Waals surface area contributed by atoms with E-state index >= 15 is 0 Å². The predicted molar refractivity (Wildman–Crippen MR) is 64.0 cm³/mol. The summed E-state index contributed by atoms with van der Waals surface area (Å²) in [5, 5.41) is 0. The van der Waals surface area contributed by atoms with Gasteiger partial charge >= 0.3 is 5.97 Å². The number of hydrogen-bond donors (Lipinski definition) is 0. The van der Waals surface area contributed by atoms with Gasteiger partial charge in [-0.05, 0) is 40.8 Å². The molecule has 8 heteroatoms. The molecule has 0 fully saturated rings. The molecule has 0 unspecified atom stereocenters. The van der Waals surface area contributed by atoms with Crippen molar-refractivity contribution in [2.24, 2.45) is 0 Å². The van der Waals surface area contributed by atoms with Crippen LogP contribution in [0.2, 0.25) is 0 Å². The molecule has 1 aromatic carbocycles. The Kier molecular flexibility index (Phi) is 4.83. The second-order valence-corrected chi connectivity index (χ2v) is 5.79. The summed E-state index contributed by atoms with van der Waals surface area (Å²) in [6.07, 6.45) is 0. The summed E-state index contributed by atoms with van der Waals surface area (Å²) in [6, 6.07) is 3.83. The summed E-state index contributed by atoms with van der Waals surface area (Å²) >= 11 is 1.89. The van der Waals surface area contributed by atoms with Gasteiger partial charge in [0.1, 0.15) is 12.4 Å². The zero-order valence-corrected chi connectivity index (χ0v) is 11.3. The largest absolute Gasteiger partial charge is 0.748 e. The van der Waals surface area contributed by atoms with E-state index in [2.05, 4.69) is 4.74 Å². The highest BCUT2D eigenvalue weighted by Crippen LogP contribution is 2.13. The lowest BCUT2D eigenvalue weighted by Gasteiger charge is -2.08. The van der Waals surface area contributed by atoms with Crippen LogP contribution in [-0.2, 0) is 14.9 Å². The Morgan fingerprint density at radius 1 is 1.47 bits per heavy atom. The van der Waals surface area contributed by atoms with Crippen molar-refractivity contribution in [2.45, 2.75) is 0 Å². The summed E-state index contributed by atoms with van der Waals surface area (Å²) in [5.74, 6) is -2.59. The van der Waals surface area contributed by atoms with Gasteiger partial charge in [0.15, 0.2) is 0 Å². The average molecular weight is 373 g/mol. The number of benzene rings is 1. The molecule has 94 valence electrons. The lowest BCUT2D eigenvalue weighted by molar-refractivity contribution is 0.0523. The maximum atomic E-state index is 13.2. The number of hydrogen-bond acceptors (Lipinski definition) is 5. The van der Waals surface area contributed by atoms with Crippen molar-refractivity contribution in [1.82, 2.24) is 0 Å². The van der Waals surface area contributed by atoms with Crippen molar-refractivity contribution in [3.05, 3.63) is 33.1 Å². The molecule has 0 amide bonds. The Morgan fingerprint density at radius 2 is 2.12 bits per heavy atom. The van der Waals surface area contributed by atoms with E-state index < -0.39 is 34.3 Å². The fourth-order valence-electron chi connectivity index (χ4n) is 0.968. The zero-order valence-electron chi connectivity index (χ0n) is 8.35. The first-order valence-corrected chi connectivity index (χ1v) is 7.01. The van der Waals surface area contributed by atoms with Crippen LogP contribution < -0.4 is 0 Å². The third-order valence-corrected chi connectivity index (χ3v) is 3.05. The SMILES string of the molecule is O=C(OCCS(=O)(=O)[O-])c1cc(I)ccc1F. The van der Waals surface area contributed by atoms with E-state index in [1.807, 2.05) is 22.6 Å². The lowest BCUT2D eigenvalue weighted by atomic mass is 10.2. The Bertz CT molecular complexity index is 528. The van der Waals surface area contributed by atoms with Crippen molar-refractivity contribution in [3.63, 3.8) is 0 Å². The van der Waals surface area contributed by atoms with E-state index in [9.17, 15) is 22.2 Å². The van der Waals surface area contributed by atoms with E-state index in [0.29, 0.717) is 3.57 Å². The highest BCUT2D eigenvalue weighted by Gasteiger charge is 2.13. The molecule has 0 N–H and O–H groups in total. The van der Waals surface area contributed by atoms with Crippen molar-refractivity contribution in [3.8, 4) is 0 Å². The van der Waals surface area contributed by atoms with E-state index in [1.54, 1.807) is 0 Å². The summed E-state index contributed by atoms with van der Waals surface area (Å²) < 4.78 is 49.1. The molecule has 0 aromatic heterocycles. The third kappa shape index (κ3) is 4.96. The van der Waals surface area contributed by atoms with Crippen molar-refractivity contribution >= 4 is 38.7 Å². The van der Waals surface area contributed by atoms with Crippen molar-refractivity contribution in [1.29, 1.82) is 0 Å². The number of halogens is 2. The van der Waals surface area contributed by atoms with Crippen LogP contribution >= 0.6 is 22.6 Å². The van der Waals surface area contributed by atoms with Gasteiger partial charge in [-0.3, -0.25) is 0 Å². The van der Waals surface area contributed by atoms with Crippen LogP contribution in [0, 0.1) is 9.39 Å². The van der Waals surface area contributed by atoms with Gasteiger partial charge in [-0.2, -0.15) is 0 Å². The Morgan fingerprint density at radius 3 is 2.71 bits per heavy atom. The van der Waals surface area contributed by atoms with Gasteiger partial charge in [0.25, 0.3) is 0 Å². The standard InChI is InChI=1S/C9H8FIO5S/c10-8-2-1-6(11)5-7(8)9(12)16-3-4-17(13,14)15/h1-2,5H,3-4H2,(H,13,14,15)/p-1. The van der Waals surface area contributed by atoms with Gasteiger partial charge in [-0.25, -0.2) is 17.6 Å². The lowest BCUT2D eigenvalue weighted by Crippen LogP contribution is -2.15. The molecule has 0 saturated heterocycles. The topological polar surface area (TPSA) is 83.5 Å². The molecule has 0 radical (unpaired) electrons. The second kappa shape index (κ2) is 5.74. The number of esters is 1. The Hall–Kier alpha value is -0.740. The molecule has 5 nitrogen and oxygen atoms in total. The maximum Gasteiger partial charge on any atom is 0.341 e. The molecule has 0 aliphatic carbocycles. The van der Waals surface area contributed by atoms with Crippen LogP contribution in [0.15, 0.2) is 18.2 Å². The molecule has 0 aliphatic heterocycles. The average Bonchev–Trinajstić information content (AvgIpc) is 2.19. The molecule has 1 aromatic rings. The minimum atomic E-state index is -4.44. The van der Waals surface area contributed by atoms with Gasteiger partial charge < -0.3 is 9.29 Å². The van der Waals surface area contributed by atoms with Crippen molar-refractivity contribution < 1.29 is 26.9 Å². The van der Waals surface area contributed by atoms with Crippen LogP contribution in [0.25, 0.3) is 0 Å². The fourth-order valence-corrected chi connectivity index (χ4v) is 1.75. The summed E-state index contributed by atoms with van der Waals surface area (Å²) in [7, 11) is -4.44. The minimum Gasteiger partial charge on any atom is -0.748 e. The summed E-state index contributed by atoms with van der Waals surface area (Å²) in [5.41, 5.74) is -0.291. The van der Waals surface area contributed by atoms with Crippen LogP contribution in [0.3, 0.4) is 0 Å². The van der Waals surface area contributed by atoms with Crippen LogP contribution in [0.1, 0.15) is 10.4 Å². The third-order valence-electron chi connectivity index (χ3n) is 1.71. The predicted octanol–water partition coefficient (Wildman–Crippen LogP) is 1.13. The minimum absolute atomic E-state index is 0.291. The van der Waals surface area contributed by atoms with E-state index in [4.69, 9.17) is 0 Å². The molecule has 0 spiro atoms. The first kappa shape index (κ1) is 14.3. The number of carbonyl (C=O) groups is 1. The van der Waals surface area contributed by atoms with Crippen LogP contribution in [0.5, 0.6) is 0 Å². The van der Waals surface area contributed by atoms with Gasteiger partial charge in [-0.15, -0.1) is 0 Å².